The molecule has 3 aromatic carbocycles. The molecule has 8 nitrogen and oxygen atoms in total. The lowest BCUT2D eigenvalue weighted by atomic mass is 10.0. The fourth-order valence-corrected chi connectivity index (χ4v) is 3.62. The monoisotopic (exact) mass is 433 g/mol. The Morgan fingerprint density at radius 3 is 2.38 bits per heavy atom. The highest BCUT2D eigenvalue weighted by atomic mass is 16.5. The first-order chi connectivity index (χ1) is 15.3. The molecule has 0 aliphatic carbocycles. The lowest BCUT2D eigenvalue weighted by Gasteiger charge is -2.13. The second-order valence-electron chi connectivity index (χ2n) is 7.91. The molecule has 0 unspecified atom stereocenters. The first kappa shape index (κ1) is 21.3. The molecule has 0 fully saturated rings. The molecule has 0 bridgehead atoms. The van der Waals surface area contributed by atoms with Crippen LogP contribution in [0.4, 0.5) is 0 Å². The average molecular weight is 433 g/mol. The van der Waals surface area contributed by atoms with E-state index in [-0.39, 0.29) is 29.0 Å². The van der Waals surface area contributed by atoms with Crippen molar-refractivity contribution in [1.29, 1.82) is 0 Å². The van der Waals surface area contributed by atoms with Gasteiger partial charge in [0, 0.05) is 16.8 Å². The van der Waals surface area contributed by atoms with Crippen LogP contribution in [-0.4, -0.2) is 40.7 Å². The van der Waals surface area contributed by atoms with Gasteiger partial charge in [0.25, 0.3) is 5.91 Å². The van der Waals surface area contributed by atoms with Crippen molar-refractivity contribution < 1.29 is 24.2 Å². The number of fused-ring (bicyclic) bond motifs is 4. The number of hydrogen-bond donors (Lipinski definition) is 2. The van der Waals surface area contributed by atoms with E-state index in [9.17, 15) is 14.7 Å². The van der Waals surface area contributed by atoms with Crippen LogP contribution in [0.5, 0.6) is 11.5 Å². The SMILES string of the molecule is COc1cc2nc3c(nc2cc1C(=O)OCCC(C)C)c(C(N)=O)c(O)c1ccccc13. The number of aromatic hydroxyl groups is 1. The Balaban J connectivity index is 1.96. The molecule has 4 rings (SSSR count). The first-order valence-electron chi connectivity index (χ1n) is 10.2. The van der Waals surface area contributed by atoms with Crippen molar-refractivity contribution in [2.45, 2.75) is 20.3 Å². The number of hydrogen-bond acceptors (Lipinski definition) is 7. The van der Waals surface area contributed by atoms with Crippen LogP contribution in [0.3, 0.4) is 0 Å². The summed E-state index contributed by atoms with van der Waals surface area (Å²) >= 11 is 0. The van der Waals surface area contributed by atoms with E-state index in [1.807, 2.05) is 13.8 Å². The van der Waals surface area contributed by atoms with Crippen LogP contribution in [0.2, 0.25) is 0 Å². The summed E-state index contributed by atoms with van der Waals surface area (Å²) in [6.45, 7) is 4.37. The molecular weight excluding hydrogens is 410 g/mol. The number of carbonyl (C=O) groups excluding carboxylic acids is 2. The molecule has 0 saturated heterocycles. The van der Waals surface area contributed by atoms with E-state index in [0.717, 1.165) is 6.42 Å². The molecule has 0 atom stereocenters. The third kappa shape index (κ3) is 3.64. The summed E-state index contributed by atoms with van der Waals surface area (Å²) in [7, 11) is 1.46. The number of methoxy groups -OCH3 is 1. The van der Waals surface area contributed by atoms with Gasteiger partial charge in [0.2, 0.25) is 0 Å². The number of primary amides is 1. The number of rotatable bonds is 6. The minimum atomic E-state index is -0.825. The molecule has 0 radical (unpaired) electrons. The standard InChI is InChI=1S/C24H23N3O5/c1-12(2)8-9-32-24(30)15-10-16-17(11-18(15)31-3)26-20-13-6-4-5-7-14(13)22(28)19(23(25)29)21(20)27-16/h4-7,10-12,28H,8-9H2,1-3H3,(H2,25,29). The largest absolute Gasteiger partial charge is 0.506 e. The van der Waals surface area contributed by atoms with Crippen molar-refractivity contribution in [3.63, 3.8) is 0 Å². The van der Waals surface area contributed by atoms with Crippen LogP contribution in [0.1, 0.15) is 41.0 Å². The lowest BCUT2D eigenvalue weighted by Crippen LogP contribution is -2.13. The van der Waals surface area contributed by atoms with E-state index in [1.165, 1.54) is 13.2 Å². The van der Waals surface area contributed by atoms with Crippen LogP contribution >= 0.6 is 0 Å². The van der Waals surface area contributed by atoms with E-state index in [0.29, 0.717) is 39.0 Å². The number of ether oxygens (including phenoxy) is 2. The number of nitrogens with two attached hydrogens (primary N) is 1. The number of amides is 1. The maximum atomic E-state index is 12.7. The van der Waals surface area contributed by atoms with Gasteiger partial charge >= 0.3 is 5.97 Å². The molecule has 32 heavy (non-hydrogen) atoms. The van der Waals surface area contributed by atoms with Crippen molar-refractivity contribution in [3.05, 3.63) is 47.5 Å². The zero-order chi connectivity index (χ0) is 23.0. The zero-order valence-corrected chi connectivity index (χ0v) is 18.0. The molecule has 1 amide bonds. The van der Waals surface area contributed by atoms with E-state index >= 15 is 0 Å². The number of carbonyl (C=O) groups is 2. The second-order valence-corrected chi connectivity index (χ2v) is 7.91. The average Bonchev–Trinajstić information content (AvgIpc) is 2.76. The Labute approximate surface area is 184 Å². The molecule has 8 heteroatoms. The lowest BCUT2D eigenvalue weighted by molar-refractivity contribution is 0.0484. The summed E-state index contributed by atoms with van der Waals surface area (Å²) in [6, 6.07) is 10.1. The van der Waals surface area contributed by atoms with Crippen molar-refractivity contribution >= 4 is 44.7 Å². The fourth-order valence-electron chi connectivity index (χ4n) is 3.62. The zero-order valence-electron chi connectivity index (χ0n) is 18.0. The Bertz CT molecular complexity index is 1380. The Kier molecular flexibility index (Phi) is 5.52. The quantitative estimate of drug-likeness (QED) is 0.268. The van der Waals surface area contributed by atoms with Crippen LogP contribution in [-0.2, 0) is 4.74 Å². The highest BCUT2D eigenvalue weighted by Crippen LogP contribution is 2.37. The Morgan fingerprint density at radius 2 is 1.72 bits per heavy atom. The number of phenols is 1. The maximum Gasteiger partial charge on any atom is 0.341 e. The third-order valence-corrected chi connectivity index (χ3v) is 5.29. The molecular formula is C24H23N3O5. The number of aromatic nitrogens is 2. The van der Waals surface area contributed by atoms with E-state index in [2.05, 4.69) is 9.97 Å². The molecule has 164 valence electrons. The Hall–Kier alpha value is -3.94. The van der Waals surface area contributed by atoms with Gasteiger partial charge < -0.3 is 20.3 Å². The summed E-state index contributed by atoms with van der Waals surface area (Å²) in [4.78, 5) is 34.0. The molecule has 0 spiro atoms. The van der Waals surface area contributed by atoms with Crippen molar-refractivity contribution in [3.8, 4) is 11.5 Å². The number of nitrogens with zero attached hydrogens (tertiary/aromatic N) is 2. The second kappa shape index (κ2) is 8.30. The minimum Gasteiger partial charge on any atom is -0.506 e. The van der Waals surface area contributed by atoms with Crippen LogP contribution in [0.15, 0.2) is 36.4 Å². The van der Waals surface area contributed by atoms with Crippen molar-refractivity contribution in [2.75, 3.05) is 13.7 Å². The maximum absolute atomic E-state index is 12.7. The van der Waals surface area contributed by atoms with E-state index < -0.39 is 11.9 Å². The van der Waals surface area contributed by atoms with Crippen molar-refractivity contribution in [2.24, 2.45) is 11.7 Å². The summed E-state index contributed by atoms with van der Waals surface area (Å²) < 4.78 is 10.8. The number of esters is 1. The van der Waals surface area contributed by atoms with Gasteiger partial charge in [-0.15, -0.1) is 0 Å². The van der Waals surface area contributed by atoms with Gasteiger partial charge in [0.05, 0.1) is 30.3 Å². The predicted molar refractivity (Wildman–Crippen MR) is 121 cm³/mol. The Morgan fingerprint density at radius 1 is 1.06 bits per heavy atom. The van der Waals surface area contributed by atoms with Crippen LogP contribution in [0.25, 0.3) is 32.8 Å². The highest BCUT2D eigenvalue weighted by Gasteiger charge is 2.22. The normalized spacial score (nSPS) is 11.4. The van der Waals surface area contributed by atoms with Gasteiger partial charge in [-0.25, -0.2) is 14.8 Å². The highest BCUT2D eigenvalue weighted by molar-refractivity contribution is 6.19. The fraction of sp³-hybridized carbons (Fsp3) is 0.250. The van der Waals surface area contributed by atoms with E-state index in [1.54, 1.807) is 30.3 Å². The van der Waals surface area contributed by atoms with Gasteiger partial charge in [0.1, 0.15) is 28.1 Å². The predicted octanol–water partition coefficient (Wildman–Crippen LogP) is 3.95. The smallest absolute Gasteiger partial charge is 0.341 e. The summed E-state index contributed by atoms with van der Waals surface area (Å²) in [5.74, 6) is -0.917. The number of benzene rings is 3. The molecule has 1 aromatic heterocycles. The molecule has 4 aromatic rings. The van der Waals surface area contributed by atoms with Crippen LogP contribution < -0.4 is 10.5 Å². The summed E-state index contributed by atoms with van der Waals surface area (Å²) in [6.07, 6.45) is 0.737. The van der Waals surface area contributed by atoms with Gasteiger partial charge in [-0.3, -0.25) is 4.79 Å². The van der Waals surface area contributed by atoms with Crippen LogP contribution in [0, 0.1) is 5.92 Å². The van der Waals surface area contributed by atoms with Gasteiger partial charge in [0.15, 0.2) is 0 Å². The molecule has 0 saturated carbocycles. The third-order valence-electron chi connectivity index (χ3n) is 5.29. The minimum absolute atomic E-state index is 0.120. The van der Waals surface area contributed by atoms with Gasteiger partial charge in [-0.05, 0) is 18.4 Å². The summed E-state index contributed by atoms with van der Waals surface area (Å²) in [5, 5.41) is 11.8. The van der Waals surface area contributed by atoms with Gasteiger partial charge in [-0.1, -0.05) is 38.1 Å². The topological polar surface area (TPSA) is 125 Å². The van der Waals surface area contributed by atoms with E-state index in [4.69, 9.17) is 15.2 Å². The molecule has 1 heterocycles. The molecule has 0 aliphatic rings. The molecule has 3 N–H and O–H groups in total. The first-order valence-corrected chi connectivity index (χ1v) is 10.2. The summed E-state index contributed by atoms with van der Waals surface area (Å²) in [5.41, 5.74) is 7.00. The molecule has 0 aliphatic heterocycles. The van der Waals surface area contributed by atoms with Gasteiger partial charge in [-0.2, -0.15) is 0 Å². The van der Waals surface area contributed by atoms with Crippen molar-refractivity contribution in [1.82, 2.24) is 9.97 Å².